The molecule has 0 spiro atoms. The lowest BCUT2D eigenvalue weighted by molar-refractivity contribution is 0.340. The number of hydrogen-bond donors (Lipinski definition) is 1. The van der Waals surface area contributed by atoms with E-state index in [1.807, 2.05) is 49.4 Å². The van der Waals surface area contributed by atoms with Gasteiger partial charge in [-0.2, -0.15) is 0 Å². The largest absolute Gasteiger partial charge is 0.494 e. The van der Waals surface area contributed by atoms with Gasteiger partial charge in [0.05, 0.1) is 12.3 Å². The smallest absolute Gasteiger partial charge is 0.223 e. The van der Waals surface area contributed by atoms with Gasteiger partial charge in [0.25, 0.3) is 0 Å². The van der Waals surface area contributed by atoms with E-state index in [0.29, 0.717) is 29.6 Å². The minimum atomic E-state index is -0.591. The van der Waals surface area contributed by atoms with E-state index in [9.17, 15) is 0 Å². The molecule has 3 aromatic heterocycles. The van der Waals surface area contributed by atoms with Crippen LogP contribution in [0.3, 0.4) is 0 Å². The summed E-state index contributed by atoms with van der Waals surface area (Å²) in [6, 6.07) is 16.7. The summed E-state index contributed by atoms with van der Waals surface area (Å²) in [7, 11) is 0. The molecular weight excluding hydrogens is 457 g/mol. The zero-order chi connectivity index (χ0) is 24.9. The summed E-state index contributed by atoms with van der Waals surface area (Å²) in [5.41, 5.74) is 3.79. The number of hydrogen-bond acceptors (Lipinski definition) is 6. The topological polar surface area (TPSA) is 85.8 Å². The van der Waals surface area contributed by atoms with E-state index in [1.54, 1.807) is 18.5 Å². The van der Waals surface area contributed by atoms with Crippen LogP contribution in [0.5, 0.6) is 17.4 Å². The summed E-state index contributed by atoms with van der Waals surface area (Å²) in [4.78, 5) is 21.5. The number of halogens is 1. The highest BCUT2D eigenvalue weighted by molar-refractivity contribution is 5.66. The van der Waals surface area contributed by atoms with Gasteiger partial charge in [-0.3, -0.25) is 0 Å². The molecule has 36 heavy (non-hydrogen) atoms. The Morgan fingerprint density at radius 2 is 1.78 bits per heavy atom. The van der Waals surface area contributed by atoms with Gasteiger partial charge in [-0.1, -0.05) is 32.0 Å². The van der Waals surface area contributed by atoms with Crippen LogP contribution < -0.4 is 9.47 Å². The van der Waals surface area contributed by atoms with Crippen LogP contribution >= 0.6 is 0 Å². The second-order valence-corrected chi connectivity index (χ2v) is 9.28. The molecule has 1 N–H and O–H groups in total. The molecule has 7 nitrogen and oxygen atoms in total. The van der Waals surface area contributed by atoms with Gasteiger partial charge in [0.15, 0.2) is 22.9 Å². The minimum Gasteiger partial charge on any atom is -0.494 e. The Kier molecular flexibility index (Phi) is 5.17. The molecule has 1 aliphatic rings. The molecule has 0 amide bonds. The summed E-state index contributed by atoms with van der Waals surface area (Å²) in [6.07, 6.45) is 3.23. The Labute approximate surface area is 207 Å². The summed E-state index contributed by atoms with van der Waals surface area (Å²) in [5.74, 6) is 1.35. The van der Waals surface area contributed by atoms with Crippen molar-refractivity contribution in [2.45, 2.75) is 32.1 Å². The van der Waals surface area contributed by atoms with Crippen LogP contribution in [0.1, 0.15) is 43.6 Å². The predicted octanol–water partition coefficient (Wildman–Crippen LogP) is 6.17. The maximum Gasteiger partial charge on any atom is 0.223 e. The highest BCUT2D eigenvalue weighted by Crippen LogP contribution is 2.52. The lowest BCUT2D eigenvalue weighted by atomic mass is 9.69. The number of rotatable bonds is 5. The number of aromatic amines is 1. The van der Waals surface area contributed by atoms with Gasteiger partial charge in [-0.25, -0.2) is 24.3 Å². The molecule has 0 saturated heterocycles. The normalized spacial score (nSPS) is 14.7. The van der Waals surface area contributed by atoms with Gasteiger partial charge < -0.3 is 14.5 Å². The molecule has 6 rings (SSSR count). The van der Waals surface area contributed by atoms with Gasteiger partial charge >= 0.3 is 0 Å². The lowest BCUT2D eigenvalue weighted by Gasteiger charge is -2.37. The monoisotopic (exact) mass is 481 g/mol. The third-order valence-corrected chi connectivity index (χ3v) is 6.63. The Balaban J connectivity index is 1.48. The Morgan fingerprint density at radius 1 is 0.972 bits per heavy atom. The van der Waals surface area contributed by atoms with Crippen molar-refractivity contribution in [1.82, 2.24) is 24.9 Å². The van der Waals surface area contributed by atoms with Gasteiger partial charge in [0.1, 0.15) is 11.6 Å². The van der Waals surface area contributed by atoms with Crippen molar-refractivity contribution in [3.8, 4) is 28.6 Å². The third-order valence-electron chi connectivity index (χ3n) is 6.63. The molecule has 0 saturated carbocycles. The average Bonchev–Trinajstić information content (AvgIpc) is 3.34. The predicted molar refractivity (Wildman–Crippen MR) is 134 cm³/mol. The van der Waals surface area contributed by atoms with Crippen LogP contribution in [-0.4, -0.2) is 31.5 Å². The number of nitrogens with zero attached hydrogens (tertiary/aromatic N) is 4. The van der Waals surface area contributed by atoms with Crippen molar-refractivity contribution in [2.75, 3.05) is 6.61 Å². The van der Waals surface area contributed by atoms with Crippen LogP contribution in [0.25, 0.3) is 22.6 Å². The Morgan fingerprint density at radius 3 is 2.56 bits per heavy atom. The highest BCUT2D eigenvalue weighted by Gasteiger charge is 2.43. The molecule has 1 atom stereocenters. The van der Waals surface area contributed by atoms with E-state index < -0.39 is 11.2 Å². The van der Waals surface area contributed by atoms with Crippen molar-refractivity contribution in [2.24, 2.45) is 0 Å². The van der Waals surface area contributed by atoms with Crippen LogP contribution in [0.2, 0.25) is 0 Å². The van der Waals surface area contributed by atoms with E-state index in [0.717, 1.165) is 28.1 Å². The molecule has 5 aromatic rings. The second-order valence-electron chi connectivity index (χ2n) is 9.28. The Bertz CT molecular complexity index is 1550. The molecule has 0 fully saturated rings. The van der Waals surface area contributed by atoms with Gasteiger partial charge in [0, 0.05) is 40.4 Å². The van der Waals surface area contributed by atoms with Crippen molar-refractivity contribution < 1.29 is 13.9 Å². The number of nitrogens with one attached hydrogen (secondary N) is 1. The van der Waals surface area contributed by atoms with E-state index in [2.05, 4.69) is 28.8 Å². The number of para-hydroxylation sites is 1. The summed E-state index contributed by atoms with van der Waals surface area (Å²) < 4.78 is 26.7. The maximum absolute atomic E-state index is 15.0. The quantitative estimate of drug-likeness (QED) is 0.323. The number of imidazole rings is 1. The fraction of sp³-hybridized carbons (Fsp3) is 0.214. The number of H-pyrrole nitrogens is 1. The maximum atomic E-state index is 15.0. The first-order chi connectivity index (χ1) is 17.5. The SMILES string of the molecule is CCOc1ccc(-c2ccc3c(n2)Oc2c(F)cccc2[C@@H]3C(C)(C)c2nc3nccnc3[nH]2)cc1. The minimum absolute atomic E-state index is 0.187. The molecular formula is C28H24FN5O2. The van der Waals surface area contributed by atoms with E-state index in [1.165, 1.54) is 6.07 Å². The summed E-state index contributed by atoms with van der Waals surface area (Å²) in [6.45, 7) is 6.69. The van der Waals surface area contributed by atoms with E-state index >= 15 is 4.39 Å². The summed E-state index contributed by atoms with van der Waals surface area (Å²) in [5, 5.41) is 0. The lowest BCUT2D eigenvalue weighted by Crippen LogP contribution is -2.32. The zero-order valence-corrected chi connectivity index (χ0v) is 20.1. The number of ether oxygens (including phenoxy) is 2. The molecule has 0 aliphatic carbocycles. The average molecular weight is 482 g/mol. The van der Waals surface area contributed by atoms with Crippen LogP contribution in [-0.2, 0) is 5.41 Å². The highest BCUT2D eigenvalue weighted by atomic mass is 19.1. The summed E-state index contributed by atoms with van der Waals surface area (Å²) >= 11 is 0. The molecule has 180 valence electrons. The molecule has 0 unspecified atom stereocenters. The van der Waals surface area contributed by atoms with Crippen LogP contribution in [0.15, 0.2) is 67.0 Å². The molecule has 0 bridgehead atoms. The van der Waals surface area contributed by atoms with Crippen LogP contribution in [0, 0.1) is 5.82 Å². The van der Waals surface area contributed by atoms with Gasteiger partial charge in [0.2, 0.25) is 5.88 Å². The number of aromatic nitrogens is 5. The first-order valence-corrected chi connectivity index (χ1v) is 11.8. The van der Waals surface area contributed by atoms with Crippen molar-refractivity contribution in [1.29, 1.82) is 0 Å². The second kappa shape index (κ2) is 8.41. The molecule has 8 heteroatoms. The fourth-order valence-corrected chi connectivity index (χ4v) is 4.89. The van der Waals surface area contributed by atoms with E-state index in [4.69, 9.17) is 19.4 Å². The van der Waals surface area contributed by atoms with Gasteiger partial charge in [-0.15, -0.1) is 0 Å². The fourth-order valence-electron chi connectivity index (χ4n) is 4.89. The molecule has 1 aliphatic heterocycles. The van der Waals surface area contributed by atoms with E-state index in [-0.39, 0.29) is 11.7 Å². The third kappa shape index (κ3) is 3.57. The molecule has 2 aromatic carbocycles. The molecule has 4 heterocycles. The zero-order valence-electron chi connectivity index (χ0n) is 20.1. The van der Waals surface area contributed by atoms with Gasteiger partial charge in [-0.05, 0) is 43.3 Å². The first-order valence-electron chi connectivity index (χ1n) is 11.8. The number of benzene rings is 2. The standard InChI is InChI=1S/C28H24FN5O2/c1-4-35-17-10-8-16(9-11-17)21-13-12-19-22(18-6-5-7-20(29)23(18)36-26(19)32-21)28(2,3)27-33-24-25(34-27)31-15-14-30-24/h5-15,22H,4H2,1-3H3,(H,30,31,33,34)/t22-/m0/s1. The molecule has 0 radical (unpaired) electrons. The van der Waals surface area contributed by atoms with Crippen LogP contribution in [0.4, 0.5) is 4.39 Å². The number of pyridine rings is 1. The van der Waals surface area contributed by atoms with Crippen molar-refractivity contribution >= 4 is 11.3 Å². The Hall–Kier alpha value is -4.33. The first kappa shape index (κ1) is 22.2. The van der Waals surface area contributed by atoms with Crippen molar-refractivity contribution in [3.63, 3.8) is 0 Å². The number of fused-ring (bicyclic) bond motifs is 3. The van der Waals surface area contributed by atoms with Crippen molar-refractivity contribution in [3.05, 3.63) is 89.8 Å².